The molecular weight excluding hydrogens is 322 g/mol. The molecule has 0 bridgehead atoms. The summed E-state index contributed by atoms with van der Waals surface area (Å²) in [5, 5.41) is 14.8. The molecule has 0 aliphatic carbocycles. The van der Waals surface area contributed by atoms with E-state index < -0.39 is 12.0 Å². The van der Waals surface area contributed by atoms with Gasteiger partial charge in [0.05, 0.1) is 18.3 Å². The largest absolute Gasteiger partial charge is 0.494 e. The molecule has 0 fully saturated rings. The van der Waals surface area contributed by atoms with Gasteiger partial charge in [0.25, 0.3) is 0 Å². The Hall–Kier alpha value is -2.90. The predicted octanol–water partition coefficient (Wildman–Crippen LogP) is 2.31. The summed E-state index contributed by atoms with van der Waals surface area (Å²) in [4.78, 5) is 12.8. The summed E-state index contributed by atoms with van der Waals surface area (Å²) in [6.07, 6.45) is -0.231. The van der Waals surface area contributed by atoms with Gasteiger partial charge in [0, 0.05) is 11.3 Å². The third kappa shape index (κ3) is 3.19. The van der Waals surface area contributed by atoms with Crippen LogP contribution in [0.25, 0.3) is 0 Å². The molecule has 1 N–H and O–H groups in total. The van der Waals surface area contributed by atoms with Crippen LogP contribution >= 0.6 is 0 Å². The van der Waals surface area contributed by atoms with Gasteiger partial charge in [-0.05, 0) is 44.2 Å². The van der Waals surface area contributed by atoms with Crippen molar-refractivity contribution in [2.45, 2.75) is 39.8 Å². The van der Waals surface area contributed by atoms with E-state index in [0.717, 1.165) is 5.56 Å². The number of nitrogens with one attached hydrogen (secondary N) is 1. The van der Waals surface area contributed by atoms with Gasteiger partial charge in [0.1, 0.15) is 11.8 Å². The standard InChI is InChI=1S/C17H21N5O3/c1-5-24-13-9-7-6-8-12(13)15-14(16(23)25-10(2)3)11(4)18-17-19-20-21-22(15)17/h6-10,15H,5H2,1-4H3,(H,18,19,21)/t15-/m0/s1. The molecule has 1 aliphatic heterocycles. The quantitative estimate of drug-likeness (QED) is 0.833. The zero-order valence-electron chi connectivity index (χ0n) is 14.7. The van der Waals surface area contributed by atoms with Crippen LogP contribution in [0.3, 0.4) is 0 Å². The van der Waals surface area contributed by atoms with Gasteiger partial charge < -0.3 is 14.8 Å². The van der Waals surface area contributed by atoms with Crippen molar-refractivity contribution in [2.24, 2.45) is 0 Å². The lowest BCUT2D eigenvalue weighted by Gasteiger charge is -2.28. The fourth-order valence-corrected chi connectivity index (χ4v) is 2.84. The number of anilines is 1. The molecule has 8 heteroatoms. The minimum Gasteiger partial charge on any atom is -0.494 e. The van der Waals surface area contributed by atoms with Crippen molar-refractivity contribution in [1.82, 2.24) is 20.2 Å². The first-order valence-corrected chi connectivity index (χ1v) is 8.21. The molecule has 1 aliphatic rings. The third-order valence-corrected chi connectivity index (χ3v) is 3.79. The van der Waals surface area contributed by atoms with Gasteiger partial charge in [-0.15, -0.1) is 0 Å². The zero-order valence-corrected chi connectivity index (χ0v) is 14.7. The lowest BCUT2D eigenvalue weighted by atomic mass is 9.95. The molecule has 0 radical (unpaired) electrons. The Balaban J connectivity index is 2.15. The normalized spacial score (nSPS) is 16.4. The molecule has 2 heterocycles. The first-order valence-electron chi connectivity index (χ1n) is 8.21. The highest BCUT2D eigenvalue weighted by Crippen LogP contribution is 2.38. The van der Waals surface area contributed by atoms with Crippen molar-refractivity contribution in [3.63, 3.8) is 0 Å². The number of hydrogen-bond donors (Lipinski definition) is 1. The summed E-state index contributed by atoms with van der Waals surface area (Å²) in [6, 6.07) is 7.03. The average molecular weight is 343 g/mol. The number of tetrazole rings is 1. The lowest BCUT2D eigenvalue weighted by molar-refractivity contribution is -0.143. The SMILES string of the molecule is CCOc1ccccc1[C@H]1C(C(=O)OC(C)C)=C(C)Nc2nnnn21. The van der Waals surface area contributed by atoms with Crippen molar-refractivity contribution >= 4 is 11.9 Å². The molecule has 2 aromatic rings. The number of ether oxygens (including phenoxy) is 2. The van der Waals surface area contributed by atoms with Gasteiger partial charge in [-0.2, -0.15) is 4.68 Å². The Morgan fingerprint density at radius 3 is 2.84 bits per heavy atom. The highest BCUT2D eigenvalue weighted by Gasteiger charge is 2.36. The molecule has 1 aromatic heterocycles. The second-order valence-corrected chi connectivity index (χ2v) is 5.94. The third-order valence-electron chi connectivity index (χ3n) is 3.79. The molecule has 25 heavy (non-hydrogen) atoms. The minimum absolute atomic E-state index is 0.231. The maximum absolute atomic E-state index is 12.8. The van der Waals surface area contributed by atoms with Crippen LogP contribution in [0.15, 0.2) is 35.5 Å². The van der Waals surface area contributed by atoms with Gasteiger partial charge in [-0.25, -0.2) is 4.79 Å². The second-order valence-electron chi connectivity index (χ2n) is 5.94. The average Bonchev–Trinajstić information content (AvgIpc) is 3.01. The maximum atomic E-state index is 12.8. The number of rotatable bonds is 5. The molecule has 1 atom stereocenters. The predicted molar refractivity (Wildman–Crippen MR) is 91.1 cm³/mol. The number of carbonyl (C=O) groups excluding carboxylic acids is 1. The van der Waals surface area contributed by atoms with E-state index in [2.05, 4.69) is 20.8 Å². The Morgan fingerprint density at radius 1 is 1.36 bits per heavy atom. The van der Waals surface area contributed by atoms with Crippen molar-refractivity contribution in [3.8, 4) is 5.75 Å². The molecule has 8 nitrogen and oxygen atoms in total. The Kier molecular flexibility index (Phi) is 4.69. The Morgan fingerprint density at radius 2 is 2.12 bits per heavy atom. The van der Waals surface area contributed by atoms with Crippen molar-refractivity contribution in [1.29, 1.82) is 0 Å². The first-order chi connectivity index (χ1) is 12.0. The van der Waals surface area contributed by atoms with Crippen LogP contribution < -0.4 is 10.1 Å². The van der Waals surface area contributed by atoms with Gasteiger partial charge in [0.15, 0.2) is 0 Å². The monoisotopic (exact) mass is 343 g/mol. The van der Waals surface area contributed by atoms with Gasteiger partial charge >= 0.3 is 5.97 Å². The van der Waals surface area contributed by atoms with Crippen LogP contribution in [0.2, 0.25) is 0 Å². The summed E-state index contributed by atoms with van der Waals surface area (Å²) >= 11 is 0. The lowest BCUT2D eigenvalue weighted by Crippen LogP contribution is -2.31. The molecule has 0 unspecified atom stereocenters. The van der Waals surface area contributed by atoms with E-state index in [1.54, 1.807) is 4.68 Å². The number of fused-ring (bicyclic) bond motifs is 1. The van der Waals surface area contributed by atoms with E-state index in [9.17, 15) is 4.79 Å². The molecule has 0 saturated heterocycles. The molecule has 0 amide bonds. The highest BCUT2D eigenvalue weighted by atomic mass is 16.5. The second kappa shape index (κ2) is 6.92. The van der Waals surface area contributed by atoms with E-state index in [1.165, 1.54) is 0 Å². The van der Waals surface area contributed by atoms with Crippen molar-refractivity contribution in [3.05, 3.63) is 41.1 Å². The summed E-state index contributed by atoms with van der Waals surface area (Å²) in [7, 11) is 0. The topological polar surface area (TPSA) is 91.2 Å². The molecule has 1 aromatic carbocycles. The van der Waals surface area contributed by atoms with E-state index in [1.807, 2.05) is 52.0 Å². The fourth-order valence-electron chi connectivity index (χ4n) is 2.84. The van der Waals surface area contributed by atoms with Crippen LogP contribution in [0.5, 0.6) is 5.75 Å². The molecule has 0 saturated carbocycles. The Bertz CT molecular complexity index is 812. The van der Waals surface area contributed by atoms with E-state index >= 15 is 0 Å². The van der Waals surface area contributed by atoms with Crippen LogP contribution in [0.4, 0.5) is 5.95 Å². The van der Waals surface area contributed by atoms with Gasteiger partial charge in [-0.1, -0.05) is 23.3 Å². The Labute approximate surface area is 145 Å². The zero-order chi connectivity index (χ0) is 18.0. The smallest absolute Gasteiger partial charge is 0.338 e. The van der Waals surface area contributed by atoms with E-state index in [-0.39, 0.29) is 6.10 Å². The number of para-hydroxylation sites is 1. The number of nitrogens with zero attached hydrogens (tertiary/aromatic N) is 4. The highest BCUT2D eigenvalue weighted by molar-refractivity contribution is 5.92. The summed E-state index contributed by atoms with van der Waals surface area (Å²) < 4.78 is 12.8. The number of benzene rings is 1. The van der Waals surface area contributed by atoms with E-state index in [4.69, 9.17) is 9.47 Å². The van der Waals surface area contributed by atoms with Gasteiger partial charge in [0.2, 0.25) is 5.95 Å². The molecule has 3 rings (SSSR count). The number of carbonyl (C=O) groups is 1. The number of allylic oxidation sites excluding steroid dienone is 1. The first kappa shape index (κ1) is 16.9. The van der Waals surface area contributed by atoms with Crippen molar-refractivity contribution in [2.75, 3.05) is 11.9 Å². The summed E-state index contributed by atoms with van der Waals surface area (Å²) in [5.74, 6) is 0.744. The number of aromatic nitrogens is 4. The van der Waals surface area contributed by atoms with E-state index in [0.29, 0.717) is 29.6 Å². The van der Waals surface area contributed by atoms with Crippen LogP contribution in [0.1, 0.15) is 39.3 Å². The van der Waals surface area contributed by atoms with Gasteiger partial charge in [-0.3, -0.25) is 0 Å². The molecule has 0 spiro atoms. The fraction of sp³-hybridized carbons (Fsp3) is 0.412. The van der Waals surface area contributed by atoms with Crippen LogP contribution in [-0.4, -0.2) is 38.9 Å². The number of esters is 1. The maximum Gasteiger partial charge on any atom is 0.338 e. The van der Waals surface area contributed by atoms with Crippen molar-refractivity contribution < 1.29 is 14.3 Å². The molecular formula is C17H21N5O3. The summed E-state index contributed by atoms with van der Waals surface area (Å²) in [6.45, 7) is 7.87. The summed E-state index contributed by atoms with van der Waals surface area (Å²) in [5.41, 5.74) is 1.92. The van der Waals surface area contributed by atoms with Crippen LogP contribution in [-0.2, 0) is 9.53 Å². The number of hydrogen-bond acceptors (Lipinski definition) is 7. The molecule has 132 valence electrons. The minimum atomic E-state index is -0.528. The van der Waals surface area contributed by atoms with Crippen LogP contribution in [0, 0.1) is 0 Å².